The number of carbonyl (C=O) groups is 3. The molecule has 3 aliphatic rings. The van der Waals surface area contributed by atoms with Crippen molar-refractivity contribution >= 4 is 33.7 Å². The molecule has 4 rings (SSSR count). The van der Waals surface area contributed by atoms with E-state index in [1.54, 1.807) is 22.0 Å². The molecule has 1 spiro atoms. The average Bonchev–Trinajstić information content (AvgIpc) is 3.57. The monoisotopic (exact) mass is 699 g/mol. The van der Waals surface area contributed by atoms with Crippen molar-refractivity contribution in [2.24, 2.45) is 17.3 Å². The fourth-order valence-electron chi connectivity index (χ4n) is 8.39. The Bertz CT molecular complexity index is 1260. The zero-order chi connectivity index (χ0) is 33.9. The third kappa shape index (κ3) is 7.31. The number of hydrogen-bond donors (Lipinski definition) is 1. The van der Waals surface area contributed by atoms with Crippen LogP contribution in [0.1, 0.15) is 78.7 Å². The van der Waals surface area contributed by atoms with E-state index in [2.05, 4.69) is 63.7 Å². The number of carbonyl (C=O) groups excluding carboxylic acids is 3. The van der Waals surface area contributed by atoms with Crippen molar-refractivity contribution in [2.45, 2.75) is 108 Å². The summed E-state index contributed by atoms with van der Waals surface area (Å²) in [6.45, 7) is 20.1. The number of aliphatic hydroxyl groups is 1. The van der Waals surface area contributed by atoms with Crippen LogP contribution < -0.4 is 0 Å². The lowest BCUT2D eigenvalue weighted by Crippen LogP contribution is -2.61. The average molecular weight is 701 g/mol. The smallest absolute Gasteiger partial charge is 0.249 e. The molecular formula is C37H54BrN3O5. The molecular weight excluding hydrogens is 646 g/mol. The number of nitrogens with zero attached hydrogens (tertiary/aromatic N) is 3. The Morgan fingerprint density at radius 2 is 1.70 bits per heavy atom. The standard InChI is InChI=1S/C37H54BrN3O5/c1-8-19-39(24-26-17-13-12-14-18-26)32(43)28-29-33(44)40(21-15-10-11-16-22-42)31(37(29)23-27(38)30(28)46-37)34(45)41(20-9-2)36(6,7)25-35(3,4)5/h8-9,12-14,17-18,27-31,42H,1-2,10-11,15-16,19-25H2,3-7H3/t27?,28-,29-,30-,31?,37?/m0/s1. The highest BCUT2D eigenvalue weighted by atomic mass is 79.9. The van der Waals surface area contributed by atoms with Gasteiger partial charge in [-0.3, -0.25) is 14.4 Å². The van der Waals surface area contributed by atoms with Gasteiger partial charge in [-0.15, -0.1) is 13.2 Å². The minimum absolute atomic E-state index is 0.0456. The molecule has 1 N–H and O–H groups in total. The van der Waals surface area contributed by atoms with Crippen LogP contribution in [-0.4, -0.2) is 91.9 Å². The molecule has 3 amide bonds. The van der Waals surface area contributed by atoms with Gasteiger partial charge in [0.2, 0.25) is 17.7 Å². The van der Waals surface area contributed by atoms with Crippen LogP contribution in [0, 0.1) is 17.3 Å². The molecule has 3 heterocycles. The van der Waals surface area contributed by atoms with Crippen LogP contribution in [0.4, 0.5) is 0 Å². The number of benzene rings is 1. The number of likely N-dealkylation sites (tertiary alicyclic amines) is 1. The second kappa shape index (κ2) is 14.7. The summed E-state index contributed by atoms with van der Waals surface area (Å²) in [5.74, 6) is -1.96. The molecule has 3 unspecified atom stereocenters. The molecule has 0 aliphatic carbocycles. The van der Waals surface area contributed by atoms with Crippen molar-refractivity contribution in [3.05, 3.63) is 61.2 Å². The van der Waals surface area contributed by atoms with Crippen molar-refractivity contribution in [2.75, 3.05) is 26.2 Å². The first-order valence-electron chi connectivity index (χ1n) is 16.8. The highest BCUT2D eigenvalue weighted by molar-refractivity contribution is 9.09. The zero-order valence-corrected chi connectivity index (χ0v) is 30.0. The molecule has 0 radical (unpaired) electrons. The van der Waals surface area contributed by atoms with Crippen molar-refractivity contribution < 1.29 is 24.2 Å². The Labute approximate surface area is 284 Å². The van der Waals surface area contributed by atoms with E-state index in [1.807, 2.05) is 35.2 Å². The van der Waals surface area contributed by atoms with Crippen LogP contribution in [0.15, 0.2) is 55.6 Å². The maximum atomic E-state index is 15.0. The maximum absolute atomic E-state index is 15.0. The van der Waals surface area contributed by atoms with E-state index >= 15 is 0 Å². The number of fused-ring (bicyclic) bond motifs is 1. The normalized spacial score (nSPS) is 27.1. The molecule has 1 aromatic carbocycles. The number of aliphatic hydroxyl groups excluding tert-OH is 1. The minimum Gasteiger partial charge on any atom is -0.396 e. The van der Waals surface area contributed by atoms with E-state index in [0.717, 1.165) is 24.8 Å². The second-order valence-corrected chi connectivity index (χ2v) is 16.3. The fraction of sp³-hybridized carbons (Fsp3) is 0.649. The Morgan fingerprint density at radius 3 is 2.30 bits per heavy atom. The Morgan fingerprint density at radius 1 is 1.04 bits per heavy atom. The third-order valence-corrected chi connectivity index (χ3v) is 10.6. The van der Waals surface area contributed by atoms with Crippen LogP contribution in [0.3, 0.4) is 0 Å². The minimum atomic E-state index is -1.12. The Kier molecular flexibility index (Phi) is 11.6. The molecule has 0 saturated carbocycles. The lowest BCUT2D eigenvalue weighted by Gasteiger charge is -2.45. The van der Waals surface area contributed by atoms with Gasteiger partial charge in [0.15, 0.2) is 0 Å². The predicted octanol–water partition coefficient (Wildman–Crippen LogP) is 5.73. The lowest BCUT2D eigenvalue weighted by molar-refractivity contribution is -0.153. The van der Waals surface area contributed by atoms with Gasteiger partial charge in [-0.05, 0) is 50.5 Å². The lowest BCUT2D eigenvalue weighted by atomic mass is 9.70. The summed E-state index contributed by atoms with van der Waals surface area (Å²) >= 11 is 3.82. The number of ether oxygens (including phenoxy) is 1. The first-order chi connectivity index (χ1) is 21.7. The molecule has 0 aromatic heterocycles. The van der Waals surface area contributed by atoms with E-state index in [4.69, 9.17) is 4.74 Å². The first-order valence-corrected chi connectivity index (χ1v) is 17.7. The van der Waals surface area contributed by atoms with Gasteiger partial charge in [-0.1, -0.05) is 92.0 Å². The Balaban J connectivity index is 1.75. The molecule has 46 heavy (non-hydrogen) atoms. The van der Waals surface area contributed by atoms with Crippen LogP contribution >= 0.6 is 15.9 Å². The number of hydrogen-bond acceptors (Lipinski definition) is 5. The Hall–Kier alpha value is -2.49. The zero-order valence-electron chi connectivity index (χ0n) is 28.4. The predicted molar refractivity (Wildman–Crippen MR) is 185 cm³/mol. The maximum Gasteiger partial charge on any atom is 0.249 e. The van der Waals surface area contributed by atoms with Crippen molar-refractivity contribution in [1.29, 1.82) is 0 Å². The number of amides is 3. The second-order valence-electron chi connectivity index (χ2n) is 15.1. The van der Waals surface area contributed by atoms with Crippen molar-refractivity contribution in [3.8, 4) is 0 Å². The first kappa shape index (κ1) is 36.3. The van der Waals surface area contributed by atoms with Gasteiger partial charge in [0.1, 0.15) is 11.6 Å². The molecule has 3 saturated heterocycles. The van der Waals surface area contributed by atoms with Gasteiger partial charge in [0, 0.05) is 43.2 Å². The van der Waals surface area contributed by atoms with Gasteiger partial charge in [0.05, 0.1) is 17.9 Å². The summed E-state index contributed by atoms with van der Waals surface area (Å²) in [4.78, 5) is 49.3. The highest BCUT2D eigenvalue weighted by Crippen LogP contribution is 2.60. The summed E-state index contributed by atoms with van der Waals surface area (Å²) in [6, 6.07) is 8.94. The van der Waals surface area contributed by atoms with Crippen LogP contribution in [0.25, 0.3) is 0 Å². The van der Waals surface area contributed by atoms with Gasteiger partial charge >= 0.3 is 0 Å². The molecule has 9 heteroatoms. The van der Waals surface area contributed by atoms with Crippen molar-refractivity contribution in [1.82, 2.24) is 14.7 Å². The molecule has 3 aliphatic heterocycles. The van der Waals surface area contributed by atoms with Gasteiger partial charge < -0.3 is 24.5 Å². The summed E-state index contributed by atoms with van der Waals surface area (Å²) in [5, 5.41) is 9.28. The van der Waals surface area contributed by atoms with Gasteiger partial charge in [0.25, 0.3) is 0 Å². The van der Waals surface area contributed by atoms with Gasteiger partial charge in [-0.2, -0.15) is 0 Å². The number of halogens is 1. The van der Waals surface area contributed by atoms with Crippen LogP contribution in [0.5, 0.6) is 0 Å². The summed E-state index contributed by atoms with van der Waals surface area (Å²) in [6.07, 6.45) is 7.21. The topological polar surface area (TPSA) is 90.4 Å². The van der Waals surface area contributed by atoms with E-state index in [9.17, 15) is 19.5 Å². The van der Waals surface area contributed by atoms with E-state index < -0.39 is 35.1 Å². The molecule has 1 aromatic rings. The molecule has 254 valence electrons. The molecule has 2 bridgehead atoms. The van der Waals surface area contributed by atoms with Crippen LogP contribution in [0.2, 0.25) is 0 Å². The number of rotatable bonds is 16. The van der Waals surface area contributed by atoms with E-state index in [1.165, 1.54) is 0 Å². The third-order valence-electron chi connectivity index (χ3n) is 9.76. The van der Waals surface area contributed by atoms with Gasteiger partial charge in [-0.25, -0.2) is 0 Å². The SMILES string of the molecule is C=CCN(Cc1ccccc1)C(=O)[C@H]1[C@H]2C(=O)N(CCCCCCO)C(C(=O)N(CC=C)C(C)(C)CC(C)(C)C)C23CC(Br)[C@@H]1O3. The fourth-order valence-corrected chi connectivity index (χ4v) is 9.33. The molecule has 6 atom stereocenters. The number of alkyl halides is 1. The van der Waals surface area contributed by atoms with Crippen molar-refractivity contribution in [3.63, 3.8) is 0 Å². The summed E-state index contributed by atoms with van der Waals surface area (Å²) in [7, 11) is 0. The van der Waals surface area contributed by atoms with Crippen LogP contribution in [-0.2, 0) is 25.7 Å². The van der Waals surface area contributed by atoms with E-state index in [0.29, 0.717) is 45.4 Å². The highest BCUT2D eigenvalue weighted by Gasteiger charge is 2.77. The summed E-state index contributed by atoms with van der Waals surface area (Å²) < 4.78 is 6.84. The molecule has 3 fully saturated rings. The van der Waals surface area contributed by atoms with E-state index in [-0.39, 0.29) is 34.6 Å². The largest absolute Gasteiger partial charge is 0.396 e. The molecule has 8 nitrogen and oxygen atoms in total. The quantitative estimate of drug-likeness (QED) is 0.135. The number of unbranched alkanes of at least 4 members (excludes halogenated alkanes) is 3. The summed E-state index contributed by atoms with van der Waals surface area (Å²) in [5.41, 5.74) is -0.703.